The Morgan fingerprint density at radius 2 is 2.00 bits per heavy atom. The van der Waals surface area contributed by atoms with Crippen LogP contribution in [0.25, 0.3) is 0 Å². The fourth-order valence-corrected chi connectivity index (χ4v) is 1.54. The summed E-state index contributed by atoms with van der Waals surface area (Å²) in [5, 5.41) is 3.95. The number of para-hydroxylation sites is 1. The van der Waals surface area contributed by atoms with Gasteiger partial charge in [-0.25, -0.2) is 4.98 Å². The van der Waals surface area contributed by atoms with Crippen molar-refractivity contribution >= 4 is 23.1 Å². The highest BCUT2D eigenvalue weighted by Crippen LogP contribution is 2.20. The Morgan fingerprint density at radius 3 is 2.69 bits per heavy atom. The Hall–Kier alpha value is -1.74. The third kappa shape index (κ3) is 2.64. The van der Waals surface area contributed by atoms with Crippen molar-refractivity contribution in [3.8, 4) is 0 Å². The van der Waals surface area contributed by atoms with Crippen molar-refractivity contribution in [2.75, 3.05) is 11.1 Å². The Labute approximate surface area is 99.3 Å². The number of nitrogen functional groups attached to an aromatic ring is 1. The smallest absolute Gasteiger partial charge is 0.123 e. The van der Waals surface area contributed by atoms with Gasteiger partial charge in [0.05, 0.1) is 10.7 Å². The second-order valence-corrected chi connectivity index (χ2v) is 3.83. The standard InChI is InChI=1S/C12H12ClN3/c13-10-3-1-2-4-11(10)15-7-9-5-6-12(14)16-8-9/h1-6,8,15H,7H2,(H2,14,16). The third-order valence-electron chi connectivity index (χ3n) is 2.20. The Kier molecular flexibility index (Phi) is 3.27. The van der Waals surface area contributed by atoms with Crippen LogP contribution >= 0.6 is 11.6 Å². The highest BCUT2D eigenvalue weighted by atomic mass is 35.5. The lowest BCUT2D eigenvalue weighted by Crippen LogP contribution is -2.01. The number of rotatable bonds is 3. The lowest BCUT2D eigenvalue weighted by Gasteiger charge is -2.07. The van der Waals surface area contributed by atoms with E-state index in [9.17, 15) is 0 Å². The number of anilines is 2. The lowest BCUT2D eigenvalue weighted by atomic mass is 10.2. The number of halogens is 1. The largest absolute Gasteiger partial charge is 0.384 e. The average Bonchev–Trinajstić information content (AvgIpc) is 2.30. The van der Waals surface area contributed by atoms with Gasteiger partial charge < -0.3 is 11.1 Å². The molecule has 0 aliphatic carbocycles. The molecule has 1 aromatic carbocycles. The lowest BCUT2D eigenvalue weighted by molar-refractivity contribution is 1.12. The average molecular weight is 234 g/mol. The van der Waals surface area contributed by atoms with Crippen LogP contribution < -0.4 is 11.1 Å². The summed E-state index contributed by atoms with van der Waals surface area (Å²) in [5.74, 6) is 0.529. The number of aromatic nitrogens is 1. The first-order chi connectivity index (χ1) is 7.75. The van der Waals surface area contributed by atoms with Crippen LogP contribution in [0.5, 0.6) is 0 Å². The maximum Gasteiger partial charge on any atom is 0.123 e. The van der Waals surface area contributed by atoms with Crippen molar-refractivity contribution in [3.05, 3.63) is 53.2 Å². The second kappa shape index (κ2) is 4.86. The minimum atomic E-state index is 0.529. The summed E-state index contributed by atoms with van der Waals surface area (Å²) in [6.45, 7) is 0.678. The predicted molar refractivity (Wildman–Crippen MR) is 67.4 cm³/mol. The van der Waals surface area contributed by atoms with E-state index in [-0.39, 0.29) is 0 Å². The zero-order valence-corrected chi connectivity index (χ0v) is 9.41. The summed E-state index contributed by atoms with van der Waals surface area (Å²) in [6.07, 6.45) is 1.75. The summed E-state index contributed by atoms with van der Waals surface area (Å²) in [6, 6.07) is 11.3. The minimum Gasteiger partial charge on any atom is -0.384 e. The maximum absolute atomic E-state index is 6.02. The van der Waals surface area contributed by atoms with Gasteiger partial charge in [-0.3, -0.25) is 0 Å². The molecule has 1 aromatic heterocycles. The van der Waals surface area contributed by atoms with Gasteiger partial charge in [0, 0.05) is 12.7 Å². The fraction of sp³-hybridized carbons (Fsp3) is 0.0833. The van der Waals surface area contributed by atoms with Crippen molar-refractivity contribution < 1.29 is 0 Å². The number of pyridine rings is 1. The molecule has 0 amide bonds. The van der Waals surface area contributed by atoms with Crippen LogP contribution in [0.1, 0.15) is 5.56 Å². The number of nitrogens with one attached hydrogen (secondary N) is 1. The molecule has 82 valence electrons. The van der Waals surface area contributed by atoms with E-state index >= 15 is 0 Å². The minimum absolute atomic E-state index is 0.529. The molecule has 0 aliphatic heterocycles. The van der Waals surface area contributed by atoms with Crippen molar-refractivity contribution in [2.24, 2.45) is 0 Å². The summed E-state index contributed by atoms with van der Waals surface area (Å²) in [5.41, 5.74) is 7.49. The highest BCUT2D eigenvalue weighted by molar-refractivity contribution is 6.33. The molecular weight excluding hydrogens is 222 g/mol. The van der Waals surface area contributed by atoms with E-state index in [0.717, 1.165) is 11.3 Å². The van der Waals surface area contributed by atoms with Gasteiger partial charge in [-0.15, -0.1) is 0 Å². The van der Waals surface area contributed by atoms with Crippen LogP contribution in [0, 0.1) is 0 Å². The number of nitrogens with two attached hydrogens (primary N) is 1. The SMILES string of the molecule is Nc1ccc(CNc2ccccc2Cl)cn1. The molecular formula is C12H12ClN3. The molecule has 1 heterocycles. The molecule has 0 fully saturated rings. The Balaban J connectivity index is 2.02. The van der Waals surface area contributed by atoms with Gasteiger partial charge in [0.15, 0.2) is 0 Å². The van der Waals surface area contributed by atoms with Crippen molar-refractivity contribution in [1.29, 1.82) is 0 Å². The van der Waals surface area contributed by atoms with E-state index in [4.69, 9.17) is 17.3 Å². The molecule has 0 radical (unpaired) electrons. The maximum atomic E-state index is 6.02. The normalized spacial score (nSPS) is 10.1. The molecule has 16 heavy (non-hydrogen) atoms. The first-order valence-electron chi connectivity index (χ1n) is 4.94. The van der Waals surface area contributed by atoms with Crippen LogP contribution in [-0.2, 0) is 6.54 Å². The summed E-state index contributed by atoms with van der Waals surface area (Å²) < 4.78 is 0. The molecule has 3 N–H and O–H groups in total. The third-order valence-corrected chi connectivity index (χ3v) is 2.53. The van der Waals surface area contributed by atoms with Gasteiger partial charge in [-0.2, -0.15) is 0 Å². The quantitative estimate of drug-likeness (QED) is 0.857. The van der Waals surface area contributed by atoms with Crippen LogP contribution in [-0.4, -0.2) is 4.98 Å². The Morgan fingerprint density at radius 1 is 1.19 bits per heavy atom. The van der Waals surface area contributed by atoms with Crippen molar-refractivity contribution in [3.63, 3.8) is 0 Å². The van der Waals surface area contributed by atoms with Crippen LogP contribution in [0.3, 0.4) is 0 Å². The monoisotopic (exact) mass is 233 g/mol. The Bertz CT molecular complexity index is 468. The molecule has 0 unspecified atom stereocenters. The zero-order valence-electron chi connectivity index (χ0n) is 8.65. The number of hydrogen-bond donors (Lipinski definition) is 2. The molecule has 0 saturated heterocycles. The topological polar surface area (TPSA) is 50.9 Å². The molecule has 0 aliphatic rings. The van der Waals surface area contributed by atoms with Gasteiger partial charge >= 0.3 is 0 Å². The summed E-state index contributed by atoms with van der Waals surface area (Å²) in [4.78, 5) is 4.02. The molecule has 0 spiro atoms. The van der Waals surface area contributed by atoms with Crippen molar-refractivity contribution in [2.45, 2.75) is 6.54 Å². The molecule has 3 nitrogen and oxygen atoms in total. The number of benzene rings is 1. The molecule has 2 aromatic rings. The van der Waals surface area contributed by atoms with Gasteiger partial charge in [0.25, 0.3) is 0 Å². The summed E-state index contributed by atoms with van der Waals surface area (Å²) >= 11 is 6.02. The van der Waals surface area contributed by atoms with Crippen molar-refractivity contribution in [1.82, 2.24) is 4.98 Å². The fourth-order valence-electron chi connectivity index (χ4n) is 1.34. The second-order valence-electron chi connectivity index (χ2n) is 3.42. The van der Waals surface area contributed by atoms with E-state index < -0.39 is 0 Å². The molecule has 0 saturated carbocycles. The number of hydrogen-bond acceptors (Lipinski definition) is 3. The molecule has 0 bridgehead atoms. The first-order valence-corrected chi connectivity index (χ1v) is 5.32. The molecule has 2 rings (SSSR count). The predicted octanol–water partition coefficient (Wildman–Crippen LogP) is 2.93. The molecule has 0 atom stereocenters. The first kappa shape index (κ1) is 10.8. The van der Waals surface area contributed by atoms with E-state index in [1.807, 2.05) is 30.3 Å². The van der Waals surface area contributed by atoms with Crippen LogP contribution in [0.4, 0.5) is 11.5 Å². The summed E-state index contributed by atoms with van der Waals surface area (Å²) in [7, 11) is 0. The van der Waals surface area contributed by atoms with E-state index in [1.54, 1.807) is 12.3 Å². The van der Waals surface area contributed by atoms with Gasteiger partial charge in [0.2, 0.25) is 0 Å². The van der Waals surface area contributed by atoms with Gasteiger partial charge in [-0.1, -0.05) is 29.8 Å². The van der Waals surface area contributed by atoms with E-state index in [1.165, 1.54) is 0 Å². The molecule has 4 heteroatoms. The van der Waals surface area contributed by atoms with Crippen LogP contribution in [0.2, 0.25) is 5.02 Å². The van der Waals surface area contributed by atoms with Crippen LogP contribution in [0.15, 0.2) is 42.6 Å². The van der Waals surface area contributed by atoms with Gasteiger partial charge in [0.1, 0.15) is 5.82 Å². The van der Waals surface area contributed by atoms with E-state index in [0.29, 0.717) is 17.4 Å². The number of nitrogens with zero attached hydrogens (tertiary/aromatic N) is 1. The highest BCUT2D eigenvalue weighted by Gasteiger charge is 1.98. The van der Waals surface area contributed by atoms with Gasteiger partial charge in [-0.05, 0) is 23.8 Å². The van der Waals surface area contributed by atoms with E-state index in [2.05, 4.69) is 10.3 Å². The zero-order chi connectivity index (χ0) is 11.4.